The maximum Gasteiger partial charge on any atom is 0.253 e. The number of aryl methyl sites for hydroxylation is 2. The highest BCUT2D eigenvalue weighted by atomic mass is 35.5. The van der Waals surface area contributed by atoms with Crippen LogP contribution >= 0.6 is 11.6 Å². The lowest BCUT2D eigenvalue weighted by Gasteiger charge is -2.21. The summed E-state index contributed by atoms with van der Waals surface area (Å²) in [5.41, 5.74) is 3.32. The summed E-state index contributed by atoms with van der Waals surface area (Å²) in [6, 6.07) is 10.5. The molecule has 0 bridgehead atoms. The number of imidazole rings is 1. The maximum atomic E-state index is 14.6. The minimum absolute atomic E-state index is 0.0151. The first-order chi connectivity index (χ1) is 17.0. The Balaban J connectivity index is 1.50. The van der Waals surface area contributed by atoms with Crippen LogP contribution in [0.3, 0.4) is 0 Å². The number of fused-ring (bicyclic) bond motifs is 3. The Bertz CT molecular complexity index is 1420. The number of carbonyl (C=O) groups is 1. The average molecular weight is 492 g/mol. The van der Waals surface area contributed by atoms with Crippen LogP contribution in [0.15, 0.2) is 55.0 Å². The number of benzene rings is 2. The zero-order valence-electron chi connectivity index (χ0n) is 19.2. The second-order valence-electron chi connectivity index (χ2n) is 8.17. The van der Waals surface area contributed by atoms with Gasteiger partial charge in [0.05, 0.1) is 23.1 Å². The van der Waals surface area contributed by atoms with E-state index in [0.717, 1.165) is 36.5 Å². The van der Waals surface area contributed by atoms with Gasteiger partial charge in [0.1, 0.15) is 16.7 Å². The van der Waals surface area contributed by atoms with Crippen molar-refractivity contribution in [1.29, 1.82) is 0 Å². The van der Waals surface area contributed by atoms with E-state index in [0.29, 0.717) is 5.95 Å². The molecule has 0 unspecified atom stereocenters. The summed E-state index contributed by atoms with van der Waals surface area (Å²) >= 11 is 6.33. The molecule has 2 N–H and O–H groups in total. The van der Waals surface area contributed by atoms with Crippen molar-refractivity contribution in [2.75, 3.05) is 24.3 Å². The summed E-state index contributed by atoms with van der Waals surface area (Å²) in [6.45, 7) is 0. The summed E-state index contributed by atoms with van der Waals surface area (Å²) in [5.74, 6) is 0.546. The second kappa shape index (κ2) is 9.34. The van der Waals surface area contributed by atoms with Crippen molar-refractivity contribution in [2.24, 2.45) is 0 Å². The first kappa shape index (κ1) is 22.8. The second-order valence-corrected chi connectivity index (χ2v) is 8.58. The predicted octanol–water partition coefficient (Wildman–Crippen LogP) is 4.81. The number of nitrogens with one attached hydrogen (secondary N) is 2. The Morgan fingerprint density at radius 3 is 2.89 bits per heavy atom. The van der Waals surface area contributed by atoms with E-state index in [9.17, 15) is 9.18 Å². The third-order valence-corrected chi connectivity index (χ3v) is 6.32. The van der Waals surface area contributed by atoms with E-state index in [-0.39, 0.29) is 22.1 Å². The van der Waals surface area contributed by atoms with Crippen LogP contribution in [0.1, 0.15) is 28.2 Å². The molecule has 5 rings (SSSR count). The van der Waals surface area contributed by atoms with Crippen LogP contribution in [0.25, 0.3) is 5.69 Å². The predicted molar refractivity (Wildman–Crippen MR) is 134 cm³/mol. The molecular weight excluding hydrogens is 469 g/mol. The molecule has 2 aromatic heterocycles. The van der Waals surface area contributed by atoms with Gasteiger partial charge in [-0.2, -0.15) is 4.98 Å². The fourth-order valence-corrected chi connectivity index (χ4v) is 4.33. The minimum atomic E-state index is -0.599. The number of halogens is 2. The molecular formula is C25H23ClFN7O. The molecule has 0 saturated carbocycles. The topological polar surface area (TPSA) is 88.0 Å². The highest BCUT2D eigenvalue weighted by molar-refractivity contribution is 6.33. The van der Waals surface area contributed by atoms with Gasteiger partial charge < -0.3 is 20.1 Å². The number of carbonyl (C=O) groups excluding carboxylic acids is 1. The van der Waals surface area contributed by atoms with Crippen molar-refractivity contribution in [3.63, 3.8) is 0 Å². The molecule has 35 heavy (non-hydrogen) atoms. The first-order valence-electron chi connectivity index (χ1n) is 11.2. The highest BCUT2D eigenvalue weighted by Gasteiger charge is 2.19. The fraction of sp³-hybridized carbons (Fsp3) is 0.200. The molecule has 0 aliphatic carbocycles. The Hall–Kier alpha value is -3.98. The molecule has 1 aliphatic heterocycles. The number of aromatic nitrogens is 4. The number of anilines is 4. The van der Waals surface area contributed by atoms with Crippen LogP contribution in [0, 0.1) is 5.82 Å². The van der Waals surface area contributed by atoms with Gasteiger partial charge in [0.25, 0.3) is 5.91 Å². The van der Waals surface area contributed by atoms with Crippen molar-refractivity contribution in [3.05, 3.63) is 82.8 Å². The summed E-state index contributed by atoms with van der Waals surface area (Å²) in [7, 11) is 3.33. The molecule has 0 spiro atoms. The smallest absolute Gasteiger partial charge is 0.253 e. The third-order valence-electron chi connectivity index (χ3n) is 6.04. The molecule has 0 radical (unpaired) electrons. The summed E-state index contributed by atoms with van der Waals surface area (Å²) in [6.07, 6.45) is 8.18. The molecule has 10 heteroatoms. The van der Waals surface area contributed by atoms with E-state index >= 15 is 0 Å². The van der Waals surface area contributed by atoms with Gasteiger partial charge in [-0.05, 0) is 42.7 Å². The lowest BCUT2D eigenvalue weighted by molar-refractivity contribution is 0.0963. The van der Waals surface area contributed by atoms with Gasteiger partial charge >= 0.3 is 0 Å². The number of hydrogen-bond acceptors (Lipinski definition) is 6. The lowest BCUT2D eigenvalue weighted by Crippen LogP contribution is -2.20. The quantitative estimate of drug-likeness (QED) is 0.416. The van der Waals surface area contributed by atoms with Gasteiger partial charge in [-0.15, -0.1) is 0 Å². The fourth-order valence-electron chi connectivity index (χ4n) is 4.19. The Morgan fingerprint density at radius 1 is 1.20 bits per heavy atom. The molecule has 1 aliphatic rings. The standard InChI is InChI=1S/C25H23ClFN7O/c1-28-24(35)17-6-4-7-19(27)22(17)31-23-18(26)14-30-25(32-23)33(2)16-10-9-15-5-3-8-21-29-11-12-34(21)20(15)13-16/h4,6-7,9-14H,3,5,8H2,1-2H3,(H,28,35)(H,30,31,32). The summed E-state index contributed by atoms with van der Waals surface area (Å²) in [4.78, 5) is 27.4. The Kier molecular flexibility index (Phi) is 6.08. The van der Waals surface area contributed by atoms with Gasteiger partial charge in [-0.25, -0.2) is 14.4 Å². The molecule has 4 aromatic rings. The third kappa shape index (κ3) is 4.30. The van der Waals surface area contributed by atoms with E-state index in [1.165, 1.54) is 37.0 Å². The van der Waals surface area contributed by atoms with E-state index in [2.05, 4.69) is 42.3 Å². The summed E-state index contributed by atoms with van der Waals surface area (Å²) in [5, 5.41) is 5.58. The first-order valence-corrected chi connectivity index (χ1v) is 11.5. The van der Waals surface area contributed by atoms with E-state index in [1.54, 1.807) is 0 Å². The molecule has 0 saturated heterocycles. The van der Waals surface area contributed by atoms with Crippen LogP contribution in [-0.2, 0) is 12.8 Å². The van der Waals surface area contributed by atoms with Crippen molar-refractivity contribution < 1.29 is 9.18 Å². The summed E-state index contributed by atoms with van der Waals surface area (Å²) < 4.78 is 16.7. The van der Waals surface area contributed by atoms with Crippen LogP contribution < -0.4 is 15.5 Å². The number of para-hydroxylation sites is 1. The van der Waals surface area contributed by atoms with Gasteiger partial charge in [0, 0.05) is 38.6 Å². The monoisotopic (exact) mass is 491 g/mol. The molecule has 178 valence electrons. The largest absolute Gasteiger partial charge is 0.355 e. The molecule has 0 atom stereocenters. The zero-order valence-corrected chi connectivity index (χ0v) is 20.0. The van der Waals surface area contributed by atoms with Crippen LogP contribution in [0.5, 0.6) is 0 Å². The molecule has 2 aromatic carbocycles. The number of amides is 1. The Morgan fingerprint density at radius 2 is 2.06 bits per heavy atom. The van der Waals surface area contributed by atoms with Crippen LogP contribution in [0.2, 0.25) is 5.02 Å². The number of nitrogens with zero attached hydrogens (tertiary/aromatic N) is 5. The number of hydrogen-bond donors (Lipinski definition) is 2. The molecule has 8 nitrogen and oxygen atoms in total. The van der Waals surface area contributed by atoms with E-state index in [4.69, 9.17) is 11.6 Å². The normalized spacial score (nSPS) is 12.3. The van der Waals surface area contributed by atoms with Gasteiger partial charge in [0.15, 0.2) is 5.82 Å². The SMILES string of the molecule is CNC(=O)c1cccc(F)c1Nc1nc(N(C)c2ccc3c(c2)-n2ccnc2CCC3)ncc1Cl. The molecule has 3 heterocycles. The van der Waals surface area contributed by atoms with Crippen molar-refractivity contribution in [2.45, 2.75) is 19.3 Å². The zero-order chi connectivity index (χ0) is 24.5. The highest BCUT2D eigenvalue weighted by Crippen LogP contribution is 2.32. The van der Waals surface area contributed by atoms with E-state index < -0.39 is 11.7 Å². The van der Waals surface area contributed by atoms with Crippen molar-refractivity contribution >= 4 is 40.6 Å². The van der Waals surface area contributed by atoms with Crippen LogP contribution in [-0.4, -0.2) is 39.5 Å². The maximum absolute atomic E-state index is 14.6. The van der Waals surface area contributed by atoms with E-state index in [1.807, 2.05) is 30.4 Å². The molecule has 1 amide bonds. The van der Waals surface area contributed by atoms with Gasteiger partial charge in [0.2, 0.25) is 5.95 Å². The number of rotatable bonds is 5. The van der Waals surface area contributed by atoms with Crippen molar-refractivity contribution in [1.82, 2.24) is 24.8 Å². The minimum Gasteiger partial charge on any atom is -0.355 e. The van der Waals surface area contributed by atoms with Gasteiger partial charge in [-0.3, -0.25) is 4.79 Å². The van der Waals surface area contributed by atoms with Gasteiger partial charge in [-0.1, -0.05) is 23.7 Å². The lowest BCUT2D eigenvalue weighted by atomic mass is 10.1. The average Bonchev–Trinajstić information content (AvgIpc) is 3.27. The molecule has 0 fully saturated rings. The Labute approximate surface area is 206 Å². The van der Waals surface area contributed by atoms with Crippen molar-refractivity contribution in [3.8, 4) is 5.69 Å². The van der Waals surface area contributed by atoms with Crippen LogP contribution in [0.4, 0.5) is 27.5 Å².